The molecule has 4 rings (SSSR count). The highest BCUT2D eigenvalue weighted by Gasteiger charge is 2.27. The molecule has 1 N–H and O–H groups in total. The van der Waals surface area contributed by atoms with E-state index in [-0.39, 0.29) is 5.82 Å². The van der Waals surface area contributed by atoms with Gasteiger partial charge in [-0.15, -0.1) is 0 Å². The lowest BCUT2D eigenvalue weighted by Crippen LogP contribution is -2.15. The lowest BCUT2D eigenvalue weighted by atomic mass is 10.1. The number of nitrogens with zero attached hydrogens (tertiary/aromatic N) is 4. The quantitative estimate of drug-likeness (QED) is 0.368. The number of hydrogen-bond acceptors (Lipinski definition) is 6. The normalized spacial score (nSPS) is 11.8. The molecule has 0 amide bonds. The molecule has 154 valence electrons. The van der Waals surface area contributed by atoms with Crippen molar-refractivity contribution in [1.29, 1.82) is 0 Å². The molecule has 0 bridgehead atoms. The van der Waals surface area contributed by atoms with E-state index < -0.39 is 25.5 Å². The number of nitro benzene ring substituents is 1. The lowest BCUT2D eigenvalue weighted by molar-refractivity contribution is -0.387. The first kappa shape index (κ1) is 19.8. The van der Waals surface area contributed by atoms with Crippen LogP contribution in [0.4, 0.5) is 11.5 Å². The Hall–Kier alpha value is -3.53. The van der Waals surface area contributed by atoms with Crippen LogP contribution < -0.4 is 4.72 Å². The molecule has 0 aliphatic heterocycles. The molecule has 10 heteroatoms. The molecular formula is C20H19N5O4S. The highest BCUT2D eigenvalue weighted by molar-refractivity contribution is 7.92. The van der Waals surface area contributed by atoms with E-state index in [0.29, 0.717) is 17.6 Å². The van der Waals surface area contributed by atoms with Crippen LogP contribution in [0.5, 0.6) is 0 Å². The fourth-order valence-corrected chi connectivity index (χ4v) is 4.53. The number of anilines is 1. The minimum absolute atomic E-state index is 0.0903. The molecule has 0 radical (unpaired) electrons. The van der Waals surface area contributed by atoms with Crippen molar-refractivity contribution in [2.24, 2.45) is 0 Å². The van der Waals surface area contributed by atoms with Gasteiger partial charge in [-0.25, -0.2) is 18.1 Å². The van der Waals surface area contributed by atoms with Crippen molar-refractivity contribution in [3.05, 3.63) is 64.2 Å². The van der Waals surface area contributed by atoms with Crippen molar-refractivity contribution in [3.8, 4) is 0 Å². The minimum Gasteiger partial charge on any atom is -0.261 e. The second-order valence-electron chi connectivity index (χ2n) is 6.96. The van der Waals surface area contributed by atoms with Gasteiger partial charge >= 0.3 is 0 Å². The van der Waals surface area contributed by atoms with Gasteiger partial charge in [0.1, 0.15) is 0 Å². The molecule has 0 saturated carbocycles. The molecule has 0 unspecified atom stereocenters. The Balaban J connectivity index is 1.89. The number of benzene rings is 2. The Labute approximate surface area is 172 Å². The van der Waals surface area contributed by atoms with Crippen LogP contribution in [-0.2, 0) is 16.6 Å². The fraction of sp³-hybridized carbons (Fsp3) is 0.200. The summed E-state index contributed by atoms with van der Waals surface area (Å²) in [6, 6.07) is 12.9. The zero-order chi connectivity index (χ0) is 21.5. The molecular weight excluding hydrogens is 406 g/mol. The van der Waals surface area contributed by atoms with Crippen LogP contribution in [0.15, 0.2) is 53.4 Å². The predicted molar refractivity (Wildman–Crippen MR) is 114 cm³/mol. The lowest BCUT2D eigenvalue weighted by Gasteiger charge is -2.06. The first-order valence-electron chi connectivity index (χ1n) is 9.34. The standard InChI is InChI=1S/C20H19N5O4S/c1-3-10-24-20-15(12-14-11-13(2)8-9-16(14)21-20)19(22-24)23-30(28,29)18-7-5-4-6-17(18)25(26)27/h4-9,11-12H,3,10H2,1-2H3,(H,22,23). The van der Waals surface area contributed by atoms with Crippen molar-refractivity contribution >= 4 is 43.5 Å². The Morgan fingerprint density at radius 2 is 1.93 bits per heavy atom. The summed E-state index contributed by atoms with van der Waals surface area (Å²) in [4.78, 5) is 14.8. The van der Waals surface area contributed by atoms with Gasteiger partial charge < -0.3 is 0 Å². The van der Waals surface area contributed by atoms with E-state index in [1.54, 1.807) is 4.68 Å². The zero-order valence-electron chi connectivity index (χ0n) is 16.4. The van der Waals surface area contributed by atoms with Crippen molar-refractivity contribution in [2.45, 2.75) is 31.7 Å². The molecule has 0 saturated heterocycles. The Morgan fingerprint density at radius 3 is 2.67 bits per heavy atom. The summed E-state index contributed by atoms with van der Waals surface area (Å²) in [6.45, 7) is 4.49. The number of nitrogens with one attached hydrogen (secondary N) is 1. The molecule has 9 nitrogen and oxygen atoms in total. The predicted octanol–water partition coefficient (Wildman–Crippen LogP) is 4.01. The summed E-state index contributed by atoms with van der Waals surface area (Å²) in [5, 5.41) is 17.1. The van der Waals surface area contributed by atoms with E-state index in [4.69, 9.17) is 0 Å². The van der Waals surface area contributed by atoms with Crippen LogP contribution >= 0.6 is 0 Å². The van der Waals surface area contributed by atoms with E-state index in [9.17, 15) is 18.5 Å². The second kappa shape index (κ2) is 7.38. The maximum atomic E-state index is 13.0. The third-order valence-corrected chi connectivity index (χ3v) is 6.07. The molecule has 0 aliphatic rings. The van der Waals surface area contributed by atoms with Gasteiger partial charge in [0.25, 0.3) is 15.7 Å². The first-order chi connectivity index (χ1) is 14.3. The van der Waals surface area contributed by atoms with E-state index in [1.807, 2.05) is 38.1 Å². The van der Waals surface area contributed by atoms with Gasteiger partial charge in [-0.2, -0.15) is 5.10 Å². The van der Waals surface area contributed by atoms with Crippen molar-refractivity contribution in [2.75, 3.05) is 4.72 Å². The Morgan fingerprint density at radius 1 is 1.17 bits per heavy atom. The number of fused-ring (bicyclic) bond motifs is 2. The largest absolute Gasteiger partial charge is 0.289 e. The molecule has 0 fully saturated rings. The fourth-order valence-electron chi connectivity index (χ4n) is 3.34. The summed E-state index contributed by atoms with van der Waals surface area (Å²) in [6.07, 6.45) is 0.779. The van der Waals surface area contributed by atoms with Crippen molar-refractivity contribution < 1.29 is 13.3 Å². The second-order valence-corrected chi connectivity index (χ2v) is 8.61. The Kier molecular flexibility index (Phi) is 4.86. The third kappa shape index (κ3) is 3.45. The van der Waals surface area contributed by atoms with E-state index in [2.05, 4.69) is 14.8 Å². The smallest absolute Gasteiger partial charge is 0.261 e. The van der Waals surface area contributed by atoms with Gasteiger partial charge in [0.05, 0.1) is 15.8 Å². The highest BCUT2D eigenvalue weighted by Crippen LogP contribution is 2.30. The number of para-hydroxylation sites is 1. The summed E-state index contributed by atoms with van der Waals surface area (Å²) >= 11 is 0. The van der Waals surface area contributed by atoms with Gasteiger partial charge in [-0.05, 0) is 37.6 Å². The summed E-state index contributed by atoms with van der Waals surface area (Å²) < 4.78 is 30.0. The van der Waals surface area contributed by atoms with Crippen LogP contribution in [0.1, 0.15) is 18.9 Å². The van der Waals surface area contributed by atoms with Crippen LogP contribution in [0.3, 0.4) is 0 Å². The first-order valence-corrected chi connectivity index (χ1v) is 10.8. The number of aromatic nitrogens is 3. The zero-order valence-corrected chi connectivity index (χ0v) is 17.2. The highest BCUT2D eigenvalue weighted by atomic mass is 32.2. The summed E-state index contributed by atoms with van der Waals surface area (Å²) in [5.74, 6) is 0.0903. The molecule has 30 heavy (non-hydrogen) atoms. The van der Waals surface area contributed by atoms with Crippen LogP contribution in [0, 0.1) is 17.0 Å². The maximum absolute atomic E-state index is 13.0. The van der Waals surface area contributed by atoms with Gasteiger partial charge in [0.15, 0.2) is 16.4 Å². The molecule has 2 heterocycles. The monoisotopic (exact) mass is 425 g/mol. The van der Waals surface area contributed by atoms with Crippen molar-refractivity contribution in [3.63, 3.8) is 0 Å². The topological polar surface area (TPSA) is 120 Å². The van der Waals surface area contributed by atoms with Crippen LogP contribution in [-0.4, -0.2) is 28.1 Å². The van der Waals surface area contributed by atoms with Gasteiger partial charge in [-0.3, -0.25) is 14.8 Å². The van der Waals surface area contributed by atoms with E-state index >= 15 is 0 Å². The minimum atomic E-state index is -4.24. The third-order valence-electron chi connectivity index (χ3n) is 4.69. The number of nitro groups is 1. The number of pyridine rings is 1. The molecule has 4 aromatic rings. The number of sulfonamides is 1. The maximum Gasteiger partial charge on any atom is 0.289 e. The molecule has 0 aliphatic carbocycles. The molecule has 2 aromatic carbocycles. The number of rotatable bonds is 6. The van der Waals surface area contributed by atoms with Crippen LogP contribution in [0.2, 0.25) is 0 Å². The van der Waals surface area contributed by atoms with Gasteiger partial charge in [0, 0.05) is 18.0 Å². The summed E-state index contributed by atoms with van der Waals surface area (Å²) in [7, 11) is -4.24. The average Bonchev–Trinajstić information content (AvgIpc) is 3.02. The molecule has 2 aromatic heterocycles. The Bertz CT molecular complexity index is 1400. The average molecular weight is 425 g/mol. The SMILES string of the molecule is CCCn1nc(NS(=O)(=O)c2ccccc2[N+](=O)[O-])c2cc3cc(C)ccc3nc21. The summed E-state index contributed by atoms with van der Waals surface area (Å²) in [5.41, 5.74) is 1.88. The van der Waals surface area contributed by atoms with Crippen molar-refractivity contribution in [1.82, 2.24) is 14.8 Å². The van der Waals surface area contributed by atoms with Gasteiger partial charge in [0.2, 0.25) is 0 Å². The number of aryl methyl sites for hydroxylation is 2. The van der Waals surface area contributed by atoms with E-state index in [0.717, 1.165) is 29.0 Å². The van der Waals surface area contributed by atoms with Gasteiger partial charge in [-0.1, -0.05) is 30.7 Å². The van der Waals surface area contributed by atoms with E-state index in [1.165, 1.54) is 18.2 Å². The molecule has 0 spiro atoms. The van der Waals surface area contributed by atoms with Crippen LogP contribution in [0.25, 0.3) is 21.9 Å². The molecule has 0 atom stereocenters. The number of hydrogen-bond donors (Lipinski definition) is 1.